The third kappa shape index (κ3) is 3.33. The Morgan fingerprint density at radius 1 is 0.630 bits per heavy atom. The number of hydrogen-bond donors (Lipinski definition) is 0. The first kappa shape index (κ1) is 16.7. The van der Waals surface area contributed by atoms with Crippen LogP contribution in [0.3, 0.4) is 0 Å². The number of carbonyl (C=O) groups is 2. The number of rotatable bonds is 5. The largest absolute Gasteiger partial charge is 0.363 e. The Hall–Kier alpha value is -3.79. The van der Waals surface area contributed by atoms with Crippen molar-refractivity contribution < 1.29 is 14.1 Å². The van der Waals surface area contributed by atoms with Crippen molar-refractivity contribution in [2.75, 3.05) is 0 Å². The van der Waals surface area contributed by atoms with E-state index in [0.717, 1.165) is 11.1 Å². The van der Waals surface area contributed by atoms with E-state index in [-0.39, 0.29) is 22.8 Å². The highest BCUT2D eigenvalue weighted by Crippen LogP contribution is 2.22. The second kappa shape index (κ2) is 7.22. The molecule has 1 heterocycles. The highest BCUT2D eigenvalue weighted by molar-refractivity contribution is 6.18. The quantitative estimate of drug-likeness (QED) is 0.483. The van der Waals surface area contributed by atoms with Gasteiger partial charge < -0.3 is 4.52 Å². The standard InChI is InChI=1S/C23H15NO3/c25-22(19-13-11-17(12-14-19)16-7-3-1-4-8-16)20-15-27-24-21(20)23(26)18-9-5-2-6-10-18/h1-15H. The fourth-order valence-electron chi connectivity index (χ4n) is 2.89. The summed E-state index contributed by atoms with van der Waals surface area (Å²) in [6, 6.07) is 25.9. The maximum absolute atomic E-state index is 12.9. The van der Waals surface area contributed by atoms with Gasteiger partial charge in [0.15, 0.2) is 11.5 Å². The van der Waals surface area contributed by atoms with E-state index in [2.05, 4.69) is 5.16 Å². The predicted octanol–water partition coefficient (Wildman–Crippen LogP) is 4.80. The van der Waals surface area contributed by atoms with E-state index >= 15 is 0 Å². The van der Waals surface area contributed by atoms with Gasteiger partial charge in [-0.2, -0.15) is 0 Å². The molecular formula is C23H15NO3. The zero-order chi connectivity index (χ0) is 18.6. The van der Waals surface area contributed by atoms with E-state index in [9.17, 15) is 9.59 Å². The van der Waals surface area contributed by atoms with Crippen LogP contribution in [0, 0.1) is 0 Å². The molecule has 0 N–H and O–H groups in total. The Bertz CT molecular complexity index is 1080. The van der Waals surface area contributed by atoms with Crippen molar-refractivity contribution in [3.05, 3.63) is 114 Å². The molecule has 27 heavy (non-hydrogen) atoms. The van der Waals surface area contributed by atoms with E-state index in [0.29, 0.717) is 11.1 Å². The minimum Gasteiger partial charge on any atom is -0.363 e. The van der Waals surface area contributed by atoms with Crippen LogP contribution in [-0.4, -0.2) is 16.7 Å². The molecule has 3 aromatic carbocycles. The number of hydrogen-bond acceptors (Lipinski definition) is 4. The zero-order valence-electron chi connectivity index (χ0n) is 14.3. The number of benzene rings is 3. The fourth-order valence-corrected chi connectivity index (χ4v) is 2.89. The van der Waals surface area contributed by atoms with Crippen LogP contribution in [-0.2, 0) is 0 Å². The highest BCUT2D eigenvalue weighted by Gasteiger charge is 2.23. The number of nitrogens with zero attached hydrogens (tertiary/aromatic N) is 1. The average molecular weight is 353 g/mol. The Morgan fingerprint density at radius 2 is 1.19 bits per heavy atom. The lowest BCUT2D eigenvalue weighted by Gasteiger charge is -2.04. The maximum atomic E-state index is 12.9. The first-order chi connectivity index (χ1) is 13.2. The molecule has 0 atom stereocenters. The molecule has 4 heteroatoms. The van der Waals surface area contributed by atoms with Gasteiger partial charge in [-0.3, -0.25) is 9.59 Å². The molecule has 0 saturated carbocycles. The van der Waals surface area contributed by atoms with Gasteiger partial charge in [0.1, 0.15) is 6.26 Å². The first-order valence-electron chi connectivity index (χ1n) is 8.48. The maximum Gasteiger partial charge on any atom is 0.215 e. The van der Waals surface area contributed by atoms with E-state index in [1.165, 1.54) is 6.26 Å². The van der Waals surface area contributed by atoms with E-state index in [1.807, 2.05) is 48.5 Å². The van der Waals surface area contributed by atoms with E-state index < -0.39 is 0 Å². The van der Waals surface area contributed by atoms with Crippen molar-refractivity contribution in [3.8, 4) is 11.1 Å². The molecule has 4 aromatic rings. The molecule has 0 aliphatic heterocycles. The lowest BCUT2D eigenvalue weighted by atomic mass is 9.97. The molecule has 0 fully saturated rings. The van der Waals surface area contributed by atoms with Crippen molar-refractivity contribution in [2.24, 2.45) is 0 Å². The SMILES string of the molecule is O=C(c1ccc(-c2ccccc2)cc1)c1conc1C(=O)c1ccccc1. The van der Waals surface area contributed by atoms with Crippen LogP contribution in [0.1, 0.15) is 32.0 Å². The third-order valence-corrected chi connectivity index (χ3v) is 4.32. The molecule has 0 aliphatic rings. The van der Waals surface area contributed by atoms with Crippen molar-refractivity contribution in [1.82, 2.24) is 5.16 Å². The molecule has 0 bridgehead atoms. The summed E-state index contributed by atoms with van der Waals surface area (Å²) in [5.41, 5.74) is 3.20. The fraction of sp³-hybridized carbons (Fsp3) is 0. The Labute approximate surface area is 156 Å². The second-order valence-corrected chi connectivity index (χ2v) is 6.04. The first-order valence-corrected chi connectivity index (χ1v) is 8.48. The molecule has 0 aliphatic carbocycles. The summed E-state index contributed by atoms with van der Waals surface area (Å²) < 4.78 is 4.93. The van der Waals surface area contributed by atoms with Crippen LogP contribution in [0.4, 0.5) is 0 Å². The van der Waals surface area contributed by atoms with Gasteiger partial charge in [-0.25, -0.2) is 0 Å². The smallest absolute Gasteiger partial charge is 0.215 e. The van der Waals surface area contributed by atoms with Crippen molar-refractivity contribution in [2.45, 2.75) is 0 Å². The van der Waals surface area contributed by atoms with Gasteiger partial charge in [-0.05, 0) is 11.1 Å². The van der Waals surface area contributed by atoms with Crippen LogP contribution in [0.5, 0.6) is 0 Å². The van der Waals surface area contributed by atoms with Gasteiger partial charge in [0.05, 0.1) is 5.56 Å². The van der Waals surface area contributed by atoms with Crippen molar-refractivity contribution in [1.29, 1.82) is 0 Å². The monoisotopic (exact) mass is 353 g/mol. The molecule has 4 nitrogen and oxygen atoms in total. The van der Waals surface area contributed by atoms with Gasteiger partial charge >= 0.3 is 0 Å². The van der Waals surface area contributed by atoms with Gasteiger partial charge in [0, 0.05) is 11.1 Å². The van der Waals surface area contributed by atoms with Crippen molar-refractivity contribution >= 4 is 11.6 Å². The molecule has 4 rings (SSSR count). The number of aromatic nitrogens is 1. The predicted molar refractivity (Wildman–Crippen MR) is 102 cm³/mol. The minimum atomic E-state index is -0.339. The topological polar surface area (TPSA) is 60.2 Å². The van der Waals surface area contributed by atoms with Crippen molar-refractivity contribution in [3.63, 3.8) is 0 Å². The highest BCUT2D eigenvalue weighted by atomic mass is 16.5. The number of ketones is 2. The van der Waals surface area contributed by atoms with Gasteiger partial charge in [-0.1, -0.05) is 90.1 Å². The Kier molecular flexibility index (Phi) is 4.45. The molecule has 0 saturated heterocycles. The minimum absolute atomic E-state index is 0.0262. The molecular weight excluding hydrogens is 338 g/mol. The van der Waals surface area contributed by atoms with E-state index in [4.69, 9.17) is 4.52 Å². The lowest BCUT2D eigenvalue weighted by molar-refractivity contribution is 0.1000. The summed E-state index contributed by atoms with van der Waals surface area (Å²) in [4.78, 5) is 25.5. The zero-order valence-corrected chi connectivity index (χ0v) is 14.3. The summed E-state index contributed by atoms with van der Waals surface area (Å²) in [6.07, 6.45) is 1.23. The van der Waals surface area contributed by atoms with Gasteiger partial charge in [-0.15, -0.1) is 0 Å². The molecule has 0 spiro atoms. The summed E-state index contributed by atoms with van der Waals surface area (Å²) >= 11 is 0. The normalized spacial score (nSPS) is 10.5. The van der Waals surface area contributed by atoms with Crippen LogP contribution in [0.25, 0.3) is 11.1 Å². The summed E-state index contributed by atoms with van der Waals surface area (Å²) in [5, 5.41) is 3.76. The van der Waals surface area contributed by atoms with Gasteiger partial charge in [0.25, 0.3) is 0 Å². The Balaban J connectivity index is 1.63. The van der Waals surface area contributed by atoms with Crippen LogP contribution < -0.4 is 0 Å². The summed E-state index contributed by atoms with van der Waals surface area (Å²) in [7, 11) is 0. The molecule has 0 radical (unpaired) electrons. The molecule has 1 aromatic heterocycles. The molecule has 0 amide bonds. The average Bonchev–Trinajstić information content (AvgIpc) is 3.24. The second-order valence-electron chi connectivity index (χ2n) is 6.04. The summed E-state index contributed by atoms with van der Waals surface area (Å²) in [6.45, 7) is 0. The lowest BCUT2D eigenvalue weighted by Crippen LogP contribution is -2.10. The van der Waals surface area contributed by atoms with Crippen LogP contribution >= 0.6 is 0 Å². The molecule has 130 valence electrons. The van der Waals surface area contributed by atoms with Crippen LogP contribution in [0.2, 0.25) is 0 Å². The van der Waals surface area contributed by atoms with Gasteiger partial charge in [0.2, 0.25) is 5.78 Å². The van der Waals surface area contributed by atoms with Crippen LogP contribution in [0.15, 0.2) is 95.7 Å². The summed E-state index contributed by atoms with van der Waals surface area (Å²) in [5.74, 6) is -0.635. The third-order valence-electron chi connectivity index (χ3n) is 4.32. The molecule has 0 unspecified atom stereocenters. The Morgan fingerprint density at radius 3 is 1.85 bits per heavy atom. The van der Waals surface area contributed by atoms with E-state index in [1.54, 1.807) is 36.4 Å². The number of carbonyl (C=O) groups excluding carboxylic acids is 2.